The molecule has 0 radical (unpaired) electrons. The molecular weight excluding hydrogens is 323 g/mol. The van der Waals surface area contributed by atoms with Gasteiger partial charge < -0.3 is 4.90 Å². The SMILES string of the molecule is CN(C(=O)c1cc(F)ccc1Br)C1(C#N)CCCCC1. The molecule has 0 saturated heterocycles. The number of halogens is 2. The van der Waals surface area contributed by atoms with Crippen molar-refractivity contribution < 1.29 is 9.18 Å². The standard InChI is InChI=1S/C15H16BrFN2O/c1-19(15(10-18)7-3-2-4-8-15)14(20)12-9-11(17)5-6-13(12)16/h5-6,9H,2-4,7-8H2,1H3. The maximum absolute atomic E-state index is 13.3. The molecule has 0 aromatic heterocycles. The van der Waals surface area contributed by atoms with Crippen molar-refractivity contribution in [2.75, 3.05) is 7.05 Å². The molecule has 1 aliphatic carbocycles. The second kappa shape index (κ2) is 5.92. The topological polar surface area (TPSA) is 44.1 Å². The van der Waals surface area contributed by atoms with Crippen LogP contribution in [0.4, 0.5) is 4.39 Å². The van der Waals surface area contributed by atoms with Crippen LogP contribution >= 0.6 is 15.9 Å². The number of benzene rings is 1. The number of carbonyl (C=O) groups excluding carboxylic acids is 1. The van der Waals surface area contributed by atoms with E-state index >= 15 is 0 Å². The summed E-state index contributed by atoms with van der Waals surface area (Å²) < 4.78 is 13.9. The van der Waals surface area contributed by atoms with E-state index in [0.717, 1.165) is 19.3 Å². The fourth-order valence-electron chi connectivity index (χ4n) is 2.70. The van der Waals surface area contributed by atoms with Gasteiger partial charge in [-0.1, -0.05) is 19.3 Å². The maximum atomic E-state index is 13.3. The van der Waals surface area contributed by atoms with E-state index in [1.807, 2.05) is 0 Å². The van der Waals surface area contributed by atoms with E-state index in [1.165, 1.54) is 23.1 Å². The van der Waals surface area contributed by atoms with Crippen molar-refractivity contribution in [1.29, 1.82) is 5.26 Å². The van der Waals surface area contributed by atoms with Gasteiger partial charge in [-0.3, -0.25) is 4.79 Å². The zero-order chi connectivity index (χ0) is 14.8. The highest BCUT2D eigenvalue weighted by Gasteiger charge is 2.39. The molecule has 1 aliphatic rings. The van der Waals surface area contributed by atoms with Crippen LogP contribution in [0.3, 0.4) is 0 Å². The van der Waals surface area contributed by atoms with Gasteiger partial charge in [0.05, 0.1) is 11.6 Å². The van der Waals surface area contributed by atoms with Crippen molar-refractivity contribution >= 4 is 21.8 Å². The highest BCUT2D eigenvalue weighted by Crippen LogP contribution is 2.34. The molecule has 20 heavy (non-hydrogen) atoms. The number of nitrogens with zero attached hydrogens (tertiary/aromatic N) is 2. The van der Waals surface area contributed by atoms with Gasteiger partial charge in [0.25, 0.3) is 5.91 Å². The average Bonchev–Trinajstić information content (AvgIpc) is 2.49. The molecule has 0 atom stereocenters. The van der Waals surface area contributed by atoms with Crippen LogP contribution in [0.2, 0.25) is 0 Å². The Labute approximate surface area is 126 Å². The van der Waals surface area contributed by atoms with Crippen LogP contribution < -0.4 is 0 Å². The van der Waals surface area contributed by atoms with Gasteiger partial charge in [0.1, 0.15) is 11.4 Å². The summed E-state index contributed by atoms with van der Waals surface area (Å²) in [5.74, 6) is -0.778. The number of carbonyl (C=O) groups is 1. The van der Waals surface area contributed by atoms with E-state index in [9.17, 15) is 14.4 Å². The molecule has 1 saturated carbocycles. The Morgan fingerprint density at radius 2 is 2.05 bits per heavy atom. The van der Waals surface area contributed by atoms with E-state index < -0.39 is 11.4 Å². The van der Waals surface area contributed by atoms with Gasteiger partial charge in [-0.05, 0) is 47.0 Å². The van der Waals surface area contributed by atoms with Crippen molar-refractivity contribution in [2.24, 2.45) is 0 Å². The molecule has 106 valence electrons. The molecule has 1 aromatic rings. The van der Waals surface area contributed by atoms with Crippen molar-refractivity contribution in [2.45, 2.75) is 37.6 Å². The van der Waals surface area contributed by atoms with E-state index in [0.29, 0.717) is 17.3 Å². The lowest BCUT2D eigenvalue weighted by molar-refractivity contribution is 0.0587. The van der Waals surface area contributed by atoms with Crippen LogP contribution in [0.25, 0.3) is 0 Å². The molecule has 0 bridgehead atoms. The minimum absolute atomic E-state index is 0.257. The van der Waals surface area contributed by atoms with Crippen molar-refractivity contribution in [3.05, 3.63) is 34.1 Å². The quantitative estimate of drug-likeness (QED) is 0.821. The summed E-state index contributed by atoms with van der Waals surface area (Å²) in [5, 5.41) is 9.50. The summed E-state index contributed by atoms with van der Waals surface area (Å²) in [5.41, 5.74) is -0.506. The molecule has 0 N–H and O–H groups in total. The molecule has 1 fully saturated rings. The third kappa shape index (κ3) is 2.71. The highest BCUT2D eigenvalue weighted by atomic mass is 79.9. The predicted octanol–water partition coefficient (Wildman–Crippen LogP) is 3.89. The van der Waals surface area contributed by atoms with Crippen LogP contribution in [0.5, 0.6) is 0 Å². The number of hydrogen-bond donors (Lipinski definition) is 0. The molecule has 1 amide bonds. The number of nitriles is 1. The van der Waals surface area contributed by atoms with E-state index in [1.54, 1.807) is 7.05 Å². The average molecular weight is 339 g/mol. The van der Waals surface area contributed by atoms with E-state index in [2.05, 4.69) is 22.0 Å². The Morgan fingerprint density at radius 1 is 1.40 bits per heavy atom. The van der Waals surface area contributed by atoms with Gasteiger partial charge in [-0.25, -0.2) is 4.39 Å². The minimum Gasteiger partial charge on any atom is -0.323 e. The Hall–Kier alpha value is -1.41. The summed E-state index contributed by atoms with van der Waals surface area (Å²) in [7, 11) is 1.63. The second-order valence-corrected chi connectivity index (χ2v) is 6.05. The Kier molecular flexibility index (Phi) is 4.44. The molecule has 1 aromatic carbocycles. The van der Waals surface area contributed by atoms with Gasteiger partial charge in [-0.15, -0.1) is 0 Å². The van der Waals surface area contributed by atoms with Crippen molar-refractivity contribution in [3.8, 4) is 6.07 Å². The van der Waals surface area contributed by atoms with Crippen LogP contribution in [0.15, 0.2) is 22.7 Å². The molecule has 3 nitrogen and oxygen atoms in total. The van der Waals surface area contributed by atoms with Crippen molar-refractivity contribution in [3.63, 3.8) is 0 Å². The fourth-order valence-corrected chi connectivity index (χ4v) is 3.11. The summed E-state index contributed by atoms with van der Waals surface area (Å²) in [6.45, 7) is 0. The predicted molar refractivity (Wildman–Crippen MR) is 77.6 cm³/mol. The molecule has 0 spiro atoms. The smallest absolute Gasteiger partial charge is 0.256 e. The molecule has 5 heteroatoms. The molecule has 0 aliphatic heterocycles. The molecular formula is C15H16BrFN2O. The van der Waals surface area contributed by atoms with Gasteiger partial charge in [0.15, 0.2) is 0 Å². The van der Waals surface area contributed by atoms with Gasteiger partial charge in [0, 0.05) is 11.5 Å². The zero-order valence-electron chi connectivity index (χ0n) is 11.3. The van der Waals surface area contributed by atoms with E-state index in [4.69, 9.17) is 0 Å². The second-order valence-electron chi connectivity index (χ2n) is 5.19. The zero-order valence-corrected chi connectivity index (χ0v) is 12.9. The summed E-state index contributed by atoms with van der Waals surface area (Å²) >= 11 is 3.27. The first-order chi connectivity index (χ1) is 9.50. The summed E-state index contributed by atoms with van der Waals surface area (Å²) in [4.78, 5) is 14.0. The minimum atomic E-state index is -0.763. The van der Waals surface area contributed by atoms with Gasteiger partial charge in [0.2, 0.25) is 0 Å². The Bertz CT molecular complexity index is 561. The third-order valence-corrected chi connectivity index (χ3v) is 4.69. The van der Waals surface area contributed by atoms with Crippen LogP contribution in [0, 0.1) is 17.1 Å². The normalized spacial score (nSPS) is 17.3. The molecule has 0 unspecified atom stereocenters. The highest BCUT2D eigenvalue weighted by molar-refractivity contribution is 9.10. The molecule has 0 heterocycles. The lowest BCUT2D eigenvalue weighted by Crippen LogP contribution is -2.49. The van der Waals surface area contributed by atoms with E-state index in [-0.39, 0.29) is 11.5 Å². The Morgan fingerprint density at radius 3 is 2.65 bits per heavy atom. The lowest BCUT2D eigenvalue weighted by Gasteiger charge is -2.39. The van der Waals surface area contributed by atoms with Crippen LogP contribution in [0.1, 0.15) is 42.5 Å². The number of amides is 1. The largest absolute Gasteiger partial charge is 0.323 e. The lowest BCUT2D eigenvalue weighted by atomic mass is 9.81. The third-order valence-electron chi connectivity index (χ3n) is 3.99. The number of rotatable bonds is 2. The maximum Gasteiger partial charge on any atom is 0.256 e. The first-order valence-corrected chi connectivity index (χ1v) is 7.44. The fraction of sp³-hybridized carbons (Fsp3) is 0.467. The summed E-state index contributed by atoms with van der Waals surface area (Å²) in [6, 6.07) is 6.31. The molecule has 2 rings (SSSR count). The van der Waals surface area contributed by atoms with Gasteiger partial charge >= 0.3 is 0 Å². The van der Waals surface area contributed by atoms with Crippen LogP contribution in [-0.4, -0.2) is 23.4 Å². The first-order valence-electron chi connectivity index (χ1n) is 6.65. The monoisotopic (exact) mass is 338 g/mol. The first kappa shape index (κ1) is 15.0. The Balaban J connectivity index is 2.32. The summed E-state index contributed by atoms with van der Waals surface area (Å²) in [6.07, 6.45) is 4.33. The van der Waals surface area contributed by atoms with Gasteiger partial charge in [-0.2, -0.15) is 5.26 Å². The van der Waals surface area contributed by atoms with Crippen LogP contribution in [-0.2, 0) is 0 Å². The number of hydrogen-bond acceptors (Lipinski definition) is 2. The van der Waals surface area contributed by atoms with Crippen molar-refractivity contribution in [1.82, 2.24) is 4.90 Å².